The van der Waals surface area contributed by atoms with Crippen molar-refractivity contribution in [2.45, 2.75) is 44.9 Å². The Labute approximate surface area is 126 Å². The average Bonchev–Trinajstić information content (AvgIpc) is 2.77. The number of benzene rings is 1. The quantitative estimate of drug-likeness (QED) is 0.874. The summed E-state index contributed by atoms with van der Waals surface area (Å²) in [6.07, 6.45) is 4.00. The van der Waals surface area contributed by atoms with Crippen molar-refractivity contribution in [3.63, 3.8) is 0 Å². The molecule has 1 amide bonds. The van der Waals surface area contributed by atoms with E-state index in [9.17, 15) is 4.79 Å². The van der Waals surface area contributed by atoms with Crippen LogP contribution in [0.3, 0.4) is 0 Å². The van der Waals surface area contributed by atoms with Crippen molar-refractivity contribution < 1.29 is 4.79 Å². The number of nitrogens with one attached hydrogen (secondary N) is 1. The van der Waals surface area contributed by atoms with Gasteiger partial charge >= 0.3 is 0 Å². The summed E-state index contributed by atoms with van der Waals surface area (Å²) in [5.74, 6) is 1.24. The SMILES string of the molecule is CCC1NC(Cc2ccccc2)C(=O)N1C(C)CSC. The Morgan fingerprint density at radius 3 is 2.65 bits per heavy atom. The number of hydrogen-bond acceptors (Lipinski definition) is 3. The normalized spacial score (nSPS) is 24.1. The first-order valence-corrected chi connectivity index (χ1v) is 8.67. The highest BCUT2D eigenvalue weighted by Gasteiger charge is 2.39. The highest BCUT2D eigenvalue weighted by atomic mass is 32.2. The van der Waals surface area contributed by atoms with Crippen LogP contribution in [-0.4, -0.2) is 41.1 Å². The van der Waals surface area contributed by atoms with E-state index in [0.29, 0.717) is 0 Å². The van der Waals surface area contributed by atoms with Gasteiger partial charge < -0.3 is 4.90 Å². The molecule has 0 aliphatic carbocycles. The molecule has 1 aromatic rings. The van der Waals surface area contributed by atoms with Gasteiger partial charge in [0.2, 0.25) is 5.91 Å². The summed E-state index contributed by atoms with van der Waals surface area (Å²) in [5, 5.41) is 3.50. The maximum Gasteiger partial charge on any atom is 0.241 e. The molecule has 0 radical (unpaired) electrons. The first kappa shape index (κ1) is 15.4. The Morgan fingerprint density at radius 1 is 1.35 bits per heavy atom. The van der Waals surface area contributed by atoms with Crippen LogP contribution in [0, 0.1) is 0 Å². The molecular formula is C16H24N2OS. The summed E-state index contributed by atoms with van der Waals surface area (Å²) in [6.45, 7) is 4.28. The molecule has 20 heavy (non-hydrogen) atoms. The standard InChI is InChI=1S/C16H24N2OS/c1-4-15-17-14(10-13-8-6-5-7-9-13)16(19)18(15)12(2)11-20-3/h5-9,12,14-15,17H,4,10-11H2,1-3H3. The molecule has 3 unspecified atom stereocenters. The third-order valence-corrected chi connectivity index (χ3v) is 4.65. The van der Waals surface area contributed by atoms with Crippen molar-refractivity contribution in [1.82, 2.24) is 10.2 Å². The zero-order valence-electron chi connectivity index (χ0n) is 12.5. The molecule has 1 saturated heterocycles. The lowest BCUT2D eigenvalue weighted by atomic mass is 10.1. The molecular weight excluding hydrogens is 268 g/mol. The van der Waals surface area contributed by atoms with E-state index in [0.717, 1.165) is 18.6 Å². The van der Waals surface area contributed by atoms with Crippen LogP contribution in [-0.2, 0) is 11.2 Å². The van der Waals surface area contributed by atoms with Gasteiger partial charge in [0.1, 0.15) is 0 Å². The molecule has 1 aromatic carbocycles. The first-order valence-electron chi connectivity index (χ1n) is 7.28. The minimum Gasteiger partial charge on any atom is -0.322 e. The summed E-state index contributed by atoms with van der Waals surface area (Å²) in [4.78, 5) is 14.7. The highest BCUT2D eigenvalue weighted by Crippen LogP contribution is 2.21. The van der Waals surface area contributed by atoms with Gasteiger partial charge in [-0.15, -0.1) is 0 Å². The molecule has 2 rings (SSSR count). The summed E-state index contributed by atoms with van der Waals surface area (Å²) in [5.41, 5.74) is 1.22. The first-order chi connectivity index (χ1) is 9.67. The zero-order chi connectivity index (χ0) is 14.5. The Hall–Kier alpha value is -1.00. The molecule has 3 nitrogen and oxygen atoms in total. The van der Waals surface area contributed by atoms with Gasteiger partial charge in [-0.25, -0.2) is 0 Å². The van der Waals surface area contributed by atoms with Crippen LogP contribution in [0.5, 0.6) is 0 Å². The second-order valence-electron chi connectivity index (χ2n) is 5.38. The molecule has 0 aromatic heterocycles. The van der Waals surface area contributed by atoms with Gasteiger partial charge in [0.05, 0.1) is 12.2 Å². The third-order valence-electron chi connectivity index (χ3n) is 3.83. The van der Waals surface area contributed by atoms with E-state index in [1.165, 1.54) is 5.56 Å². The highest BCUT2D eigenvalue weighted by molar-refractivity contribution is 7.98. The summed E-state index contributed by atoms with van der Waals surface area (Å²) in [7, 11) is 0. The molecule has 0 saturated carbocycles. The van der Waals surface area contributed by atoms with Crippen molar-refractivity contribution >= 4 is 17.7 Å². The zero-order valence-corrected chi connectivity index (χ0v) is 13.3. The molecule has 1 N–H and O–H groups in total. The lowest BCUT2D eigenvalue weighted by Crippen LogP contribution is -2.44. The second-order valence-corrected chi connectivity index (χ2v) is 6.29. The van der Waals surface area contributed by atoms with E-state index in [-0.39, 0.29) is 24.2 Å². The van der Waals surface area contributed by atoms with E-state index >= 15 is 0 Å². The van der Waals surface area contributed by atoms with Crippen LogP contribution in [0.2, 0.25) is 0 Å². The van der Waals surface area contributed by atoms with Crippen molar-refractivity contribution in [2.75, 3.05) is 12.0 Å². The van der Waals surface area contributed by atoms with E-state index in [2.05, 4.69) is 37.6 Å². The number of carbonyl (C=O) groups is 1. The van der Waals surface area contributed by atoms with Crippen LogP contribution >= 0.6 is 11.8 Å². The van der Waals surface area contributed by atoms with Crippen molar-refractivity contribution in [1.29, 1.82) is 0 Å². The predicted octanol–water partition coefficient (Wildman–Crippen LogP) is 2.52. The second kappa shape index (κ2) is 7.14. The smallest absolute Gasteiger partial charge is 0.241 e. The maximum absolute atomic E-state index is 12.6. The third kappa shape index (κ3) is 3.36. The Morgan fingerprint density at radius 2 is 2.05 bits per heavy atom. The molecule has 1 fully saturated rings. The van der Waals surface area contributed by atoms with Crippen molar-refractivity contribution in [3.8, 4) is 0 Å². The summed E-state index contributed by atoms with van der Waals surface area (Å²) in [6, 6.07) is 10.4. The molecule has 1 aliphatic rings. The van der Waals surface area contributed by atoms with E-state index in [1.54, 1.807) is 11.8 Å². The number of amides is 1. The van der Waals surface area contributed by atoms with Crippen molar-refractivity contribution in [3.05, 3.63) is 35.9 Å². The Balaban J connectivity index is 2.08. The minimum atomic E-state index is -0.0772. The van der Waals surface area contributed by atoms with Crippen LogP contribution in [0.15, 0.2) is 30.3 Å². The van der Waals surface area contributed by atoms with Gasteiger partial charge in [-0.3, -0.25) is 10.1 Å². The van der Waals surface area contributed by atoms with Gasteiger partial charge in [-0.1, -0.05) is 37.3 Å². The van der Waals surface area contributed by atoms with Gasteiger partial charge in [-0.05, 0) is 31.6 Å². The molecule has 0 bridgehead atoms. The van der Waals surface area contributed by atoms with Crippen molar-refractivity contribution in [2.24, 2.45) is 0 Å². The Kier molecular flexibility index (Phi) is 5.49. The molecule has 110 valence electrons. The topological polar surface area (TPSA) is 32.3 Å². The number of thioether (sulfide) groups is 1. The number of carbonyl (C=O) groups excluding carboxylic acids is 1. The van der Waals surface area contributed by atoms with Gasteiger partial charge in [0.25, 0.3) is 0 Å². The maximum atomic E-state index is 12.6. The van der Waals surface area contributed by atoms with Crippen LogP contribution in [0.1, 0.15) is 25.8 Å². The summed E-state index contributed by atoms with van der Waals surface area (Å²) < 4.78 is 0. The van der Waals surface area contributed by atoms with Gasteiger partial charge in [0, 0.05) is 11.8 Å². The molecule has 0 spiro atoms. The van der Waals surface area contributed by atoms with Crippen LogP contribution in [0.25, 0.3) is 0 Å². The van der Waals surface area contributed by atoms with E-state index in [1.807, 2.05) is 23.1 Å². The molecule has 4 heteroatoms. The molecule has 3 atom stereocenters. The summed E-state index contributed by atoms with van der Waals surface area (Å²) >= 11 is 1.79. The fourth-order valence-corrected chi connectivity index (χ4v) is 3.52. The lowest BCUT2D eigenvalue weighted by Gasteiger charge is -2.29. The van der Waals surface area contributed by atoms with Crippen LogP contribution in [0.4, 0.5) is 0 Å². The molecule has 1 aliphatic heterocycles. The average molecular weight is 292 g/mol. The number of nitrogens with zero attached hydrogens (tertiary/aromatic N) is 1. The predicted molar refractivity (Wildman–Crippen MR) is 85.8 cm³/mol. The fourth-order valence-electron chi connectivity index (χ4n) is 2.87. The number of rotatable bonds is 6. The minimum absolute atomic E-state index is 0.0772. The van der Waals surface area contributed by atoms with E-state index < -0.39 is 0 Å². The molecule has 1 heterocycles. The van der Waals surface area contributed by atoms with E-state index in [4.69, 9.17) is 0 Å². The number of hydrogen-bond donors (Lipinski definition) is 1. The largest absolute Gasteiger partial charge is 0.322 e. The Bertz CT molecular complexity index is 437. The van der Waals surface area contributed by atoms with Gasteiger partial charge in [0.15, 0.2) is 0 Å². The lowest BCUT2D eigenvalue weighted by molar-refractivity contribution is -0.131. The monoisotopic (exact) mass is 292 g/mol. The van der Waals surface area contributed by atoms with Crippen LogP contribution < -0.4 is 5.32 Å². The fraction of sp³-hybridized carbons (Fsp3) is 0.562. The van der Waals surface area contributed by atoms with Gasteiger partial charge in [-0.2, -0.15) is 11.8 Å².